The summed E-state index contributed by atoms with van der Waals surface area (Å²) in [6, 6.07) is 5.80. The van der Waals surface area contributed by atoms with Crippen LogP contribution in [-0.2, 0) is 9.59 Å². The molecular weight excluding hydrogens is 416 g/mol. The second-order valence-corrected chi connectivity index (χ2v) is 10.1. The molecule has 0 saturated heterocycles. The summed E-state index contributed by atoms with van der Waals surface area (Å²) < 4.78 is 5.77. The highest BCUT2D eigenvalue weighted by Gasteiger charge is 2.37. The van der Waals surface area contributed by atoms with Crippen molar-refractivity contribution in [3.63, 3.8) is 0 Å². The van der Waals surface area contributed by atoms with Crippen molar-refractivity contribution in [3.8, 4) is 0 Å². The van der Waals surface area contributed by atoms with Crippen molar-refractivity contribution < 1.29 is 19.2 Å². The van der Waals surface area contributed by atoms with Crippen LogP contribution < -0.4 is 5.32 Å². The third-order valence-electron chi connectivity index (χ3n) is 6.48. The first-order chi connectivity index (χ1) is 15.5. The molecule has 2 N–H and O–H groups in total. The largest absolute Gasteiger partial charge is 0.481 e. The highest BCUT2D eigenvalue weighted by atomic mass is 16.5. The van der Waals surface area contributed by atoms with Gasteiger partial charge in [-0.05, 0) is 69.1 Å². The first-order valence-electron chi connectivity index (χ1n) is 11.8. The van der Waals surface area contributed by atoms with Gasteiger partial charge in [0.05, 0.1) is 12.1 Å². The van der Waals surface area contributed by atoms with Gasteiger partial charge in [-0.15, -0.1) is 0 Å². The van der Waals surface area contributed by atoms with Crippen molar-refractivity contribution in [1.29, 1.82) is 0 Å². The number of hydrogen-bond acceptors (Lipinski definition) is 4. The van der Waals surface area contributed by atoms with Gasteiger partial charge >= 0.3 is 5.97 Å². The summed E-state index contributed by atoms with van der Waals surface area (Å²) in [6.45, 7) is 14.4. The molecule has 1 heterocycles. The summed E-state index contributed by atoms with van der Waals surface area (Å²) in [7, 11) is 0. The fourth-order valence-electron chi connectivity index (χ4n) is 4.97. The van der Waals surface area contributed by atoms with Crippen molar-refractivity contribution in [2.24, 2.45) is 11.8 Å². The Kier molecular flexibility index (Phi) is 7.77. The van der Waals surface area contributed by atoms with Crippen LogP contribution in [0.3, 0.4) is 0 Å². The predicted octanol–water partition coefficient (Wildman–Crippen LogP) is 6.45. The maximum Gasteiger partial charge on any atom is 0.304 e. The molecule has 1 fully saturated rings. The standard InChI is InChI=1S/C27H36N2O4/c1-15(2)9-19-11-21(12-19)27-25(16(3)4)26(29-33-27)20(14-24(31)32)13-23(30)28-22-8-7-17(5)10-18(22)6/h7-8,10,15,19-21H,3,9,11-14H2,1-2,4-6H3,(H,28,30)(H,31,32)/t19?,20-,21?/m1/s1. The third-order valence-corrected chi connectivity index (χ3v) is 6.48. The summed E-state index contributed by atoms with van der Waals surface area (Å²) in [4.78, 5) is 24.5. The number of rotatable bonds is 10. The molecular formula is C27H36N2O4. The highest BCUT2D eigenvalue weighted by Crippen LogP contribution is 2.48. The molecule has 1 saturated carbocycles. The van der Waals surface area contributed by atoms with Gasteiger partial charge in [0.2, 0.25) is 5.91 Å². The number of nitrogens with one attached hydrogen (secondary N) is 1. The lowest BCUT2D eigenvalue weighted by Gasteiger charge is -2.35. The molecule has 0 unspecified atom stereocenters. The number of carboxylic acid groups (broad SMARTS) is 1. The molecule has 3 rings (SSSR count). The smallest absolute Gasteiger partial charge is 0.304 e. The maximum atomic E-state index is 12.9. The van der Waals surface area contributed by atoms with Crippen molar-refractivity contribution >= 4 is 23.1 Å². The zero-order valence-corrected chi connectivity index (χ0v) is 20.4. The number of amides is 1. The van der Waals surface area contributed by atoms with Crippen molar-refractivity contribution in [1.82, 2.24) is 5.16 Å². The Bertz CT molecular complexity index is 1030. The summed E-state index contributed by atoms with van der Waals surface area (Å²) in [6.07, 6.45) is 3.09. The van der Waals surface area contributed by atoms with Crippen LogP contribution in [0.15, 0.2) is 29.3 Å². The average Bonchev–Trinajstić information content (AvgIpc) is 3.10. The molecule has 6 nitrogen and oxygen atoms in total. The number of benzene rings is 1. The van der Waals surface area contributed by atoms with E-state index in [0.29, 0.717) is 17.5 Å². The second-order valence-electron chi connectivity index (χ2n) is 10.1. The van der Waals surface area contributed by atoms with Gasteiger partial charge in [0.1, 0.15) is 5.76 Å². The normalized spacial score (nSPS) is 18.6. The SMILES string of the molecule is C=C(C)c1c([C@@H](CC(=O)O)CC(=O)Nc2ccc(C)cc2C)noc1C1CC(CC(C)C)C1. The number of nitrogens with zero attached hydrogens (tertiary/aromatic N) is 1. The lowest BCUT2D eigenvalue weighted by molar-refractivity contribution is -0.137. The molecule has 33 heavy (non-hydrogen) atoms. The minimum Gasteiger partial charge on any atom is -0.481 e. The Morgan fingerprint density at radius 1 is 1.24 bits per heavy atom. The molecule has 1 aliphatic carbocycles. The fraction of sp³-hybridized carbons (Fsp3) is 0.519. The van der Waals surface area contributed by atoms with E-state index < -0.39 is 11.9 Å². The quantitative estimate of drug-likeness (QED) is 0.432. The lowest BCUT2D eigenvalue weighted by atomic mass is 9.69. The van der Waals surface area contributed by atoms with Crippen LogP contribution in [0.5, 0.6) is 0 Å². The van der Waals surface area contributed by atoms with E-state index >= 15 is 0 Å². The van der Waals surface area contributed by atoms with E-state index in [1.807, 2.05) is 39.0 Å². The van der Waals surface area contributed by atoms with E-state index in [0.717, 1.165) is 46.6 Å². The monoisotopic (exact) mass is 452 g/mol. The second kappa shape index (κ2) is 10.4. The minimum atomic E-state index is -0.975. The lowest BCUT2D eigenvalue weighted by Crippen LogP contribution is -2.24. The zero-order valence-electron chi connectivity index (χ0n) is 20.4. The number of carboxylic acids is 1. The molecule has 2 aromatic rings. The molecule has 1 aromatic carbocycles. The number of aromatic nitrogens is 1. The van der Waals surface area contributed by atoms with Gasteiger partial charge in [-0.2, -0.15) is 0 Å². The Morgan fingerprint density at radius 2 is 1.94 bits per heavy atom. The van der Waals surface area contributed by atoms with E-state index in [1.165, 1.54) is 6.42 Å². The summed E-state index contributed by atoms with van der Waals surface area (Å²) >= 11 is 0. The number of anilines is 1. The van der Waals surface area contributed by atoms with Crippen molar-refractivity contribution in [2.45, 2.75) is 78.6 Å². The van der Waals surface area contributed by atoms with Gasteiger partial charge in [-0.3, -0.25) is 9.59 Å². The molecule has 0 spiro atoms. The van der Waals surface area contributed by atoms with Gasteiger partial charge in [0, 0.05) is 29.5 Å². The third kappa shape index (κ3) is 6.12. The van der Waals surface area contributed by atoms with Crippen LogP contribution in [-0.4, -0.2) is 22.1 Å². The van der Waals surface area contributed by atoms with Gasteiger partial charge < -0.3 is 14.9 Å². The molecule has 178 valence electrons. The molecule has 0 aliphatic heterocycles. The van der Waals surface area contributed by atoms with Crippen LogP contribution in [0, 0.1) is 25.7 Å². The van der Waals surface area contributed by atoms with E-state index in [1.54, 1.807) is 0 Å². The van der Waals surface area contributed by atoms with Crippen LogP contribution in [0.4, 0.5) is 5.69 Å². The van der Waals surface area contributed by atoms with Crippen LogP contribution in [0.25, 0.3) is 5.57 Å². The molecule has 1 amide bonds. The molecule has 0 bridgehead atoms. The summed E-state index contributed by atoms with van der Waals surface area (Å²) in [5.41, 5.74) is 4.93. The van der Waals surface area contributed by atoms with E-state index in [2.05, 4.69) is 30.9 Å². The number of aliphatic carboxylic acids is 1. The van der Waals surface area contributed by atoms with Crippen molar-refractivity contribution in [2.75, 3.05) is 5.32 Å². The van der Waals surface area contributed by atoms with Gasteiger partial charge in [0.15, 0.2) is 0 Å². The number of aryl methyl sites for hydroxylation is 2. The number of carbonyl (C=O) groups excluding carboxylic acids is 1. The topological polar surface area (TPSA) is 92.4 Å². The molecule has 1 aromatic heterocycles. The predicted molar refractivity (Wildman–Crippen MR) is 130 cm³/mol. The van der Waals surface area contributed by atoms with E-state index in [9.17, 15) is 14.7 Å². The van der Waals surface area contributed by atoms with Gasteiger partial charge in [-0.25, -0.2) is 0 Å². The summed E-state index contributed by atoms with van der Waals surface area (Å²) in [5, 5.41) is 16.7. The Balaban J connectivity index is 1.80. The van der Waals surface area contributed by atoms with Gasteiger partial charge in [0.25, 0.3) is 0 Å². The maximum absolute atomic E-state index is 12.9. The minimum absolute atomic E-state index is 0.00646. The summed E-state index contributed by atoms with van der Waals surface area (Å²) in [5.74, 6) is 0.600. The van der Waals surface area contributed by atoms with E-state index in [-0.39, 0.29) is 24.7 Å². The van der Waals surface area contributed by atoms with Crippen LogP contribution >= 0.6 is 0 Å². The molecule has 6 heteroatoms. The van der Waals surface area contributed by atoms with Crippen LogP contribution in [0.2, 0.25) is 0 Å². The van der Waals surface area contributed by atoms with Gasteiger partial charge in [-0.1, -0.05) is 43.3 Å². The first-order valence-corrected chi connectivity index (χ1v) is 11.8. The highest BCUT2D eigenvalue weighted by molar-refractivity contribution is 5.92. The van der Waals surface area contributed by atoms with Crippen molar-refractivity contribution in [3.05, 3.63) is 52.9 Å². The first kappa shape index (κ1) is 24.7. The molecule has 0 radical (unpaired) electrons. The molecule has 1 atom stereocenters. The zero-order chi connectivity index (χ0) is 24.3. The Hall–Kier alpha value is -2.89. The molecule has 1 aliphatic rings. The number of allylic oxidation sites excluding steroid dienone is 1. The fourth-order valence-corrected chi connectivity index (χ4v) is 4.97. The number of hydrogen-bond donors (Lipinski definition) is 2. The Morgan fingerprint density at radius 3 is 2.52 bits per heavy atom. The van der Waals surface area contributed by atoms with Crippen LogP contribution in [0.1, 0.15) is 92.9 Å². The average molecular weight is 453 g/mol. The number of carbonyl (C=O) groups is 2. The van der Waals surface area contributed by atoms with E-state index in [4.69, 9.17) is 4.52 Å². The Labute approximate surface area is 196 Å².